The summed E-state index contributed by atoms with van der Waals surface area (Å²) in [6.45, 7) is 9.75. The number of thiophene rings is 1. The molecule has 0 spiro atoms. The molecule has 0 bridgehead atoms. The summed E-state index contributed by atoms with van der Waals surface area (Å²) >= 11 is 1.48. The minimum absolute atomic E-state index is 0.0104. The lowest BCUT2D eigenvalue weighted by Crippen LogP contribution is -2.33. The Morgan fingerprint density at radius 1 is 1.15 bits per heavy atom. The molecule has 0 N–H and O–H groups in total. The minimum atomic E-state index is -0.279. The van der Waals surface area contributed by atoms with E-state index in [0.29, 0.717) is 11.9 Å². The van der Waals surface area contributed by atoms with Crippen LogP contribution in [0.5, 0.6) is 0 Å². The number of nitrogens with zero attached hydrogens (tertiary/aromatic N) is 3. The molecular formula is C21H26FN3OS. The molecule has 0 aliphatic heterocycles. The predicted molar refractivity (Wildman–Crippen MR) is 111 cm³/mol. The normalized spacial score (nSPS) is 11.6. The fourth-order valence-electron chi connectivity index (χ4n) is 3.33. The lowest BCUT2D eigenvalue weighted by molar-refractivity contribution is 0.287. The van der Waals surface area contributed by atoms with Gasteiger partial charge in [-0.25, -0.2) is 9.37 Å². The van der Waals surface area contributed by atoms with Crippen molar-refractivity contribution >= 4 is 21.6 Å². The molecule has 0 fully saturated rings. The number of halogens is 1. The van der Waals surface area contributed by atoms with Crippen molar-refractivity contribution in [1.29, 1.82) is 0 Å². The molecule has 0 atom stereocenters. The van der Waals surface area contributed by atoms with E-state index in [-0.39, 0.29) is 11.4 Å². The van der Waals surface area contributed by atoms with Crippen molar-refractivity contribution in [1.82, 2.24) is 14.5 Å². The highest BCUT2D eigenvalue weighted by molar-refractivity contribution is 7.17. The van der Waals surface area contributed by atoms with Crippen LogP contribution in [0.15, 0.2) is 34.4 Å². The third-order valence-electron chi connectivity index (χ3n) is 4.94. The fourth-order valence-corrected chi connectivity index (χ4v) is 4.29. The molecule has 0 unspecified atom stereocenters. The van der Waals surface area contributed by atoms with E-state index in [9.17, 15) is 9.18 Å². The second kappa shape index (κ2) is 8.76. The topological polar surface area (TPSA) is 38.1 Å². The predicted octanol–water partition coefficient (Wildman–Crippen LogP) is 4.56. The van der Waals surface area contributed by atoms with Gasteiger partial charge in [0.05, 0.1) is 5.39 Å². The van der Waals surface area contributed by atoms with E-state index < -0.39 is 0 Å². The van der Waals surface area contributed by atoms with Crippen LogP contribution in [0.25, 0.3) is 21.3 Å². The van der Waals surface area contributed by atoms with Crippen LogP contribution in [0, 0.1) is 5.82 Å². The second-order valence-corrected chi connectivity index (χ2v) is 7.46. The third kappa shape index (κ3) is 4.12. The van der Waals surface area contributed by atoms with Gasteiger partial charge < -0.3 is 4.90 Å². The number of aromatic nitrogens is 2. The number of benzene rings is 1. The molecule has 6 heteroatoms. The quantitative estimate of drug-likeness (QED) is 0.569. The Bertz CT molecular complexity index is 958. The van der Waals surface area contributed by atoms with Crippen molar-refractivity contribution in [2.45, 2.75) is 40.2 Å². The molecule has 0 amide bonds. The van der Waals surface area contributed by atoms with Crippen molar-refractivity contribution in [3.05, 3.63) is 51.6 Å². The van der Waals surface area contributed by atoms with Gasteiger partial charge in [0.15, 0.2) is 0 Å². The molecule has 0 radical (unpaired) electrons. The summed E-state index contributed by atoms with van der Waals surface area (Å²) in [4.78, 5) is 21.3. The first kappa shape index (κ1) is 19.7. The van der Waals surface area contributed by atoms with Crippen molar-refractivity contribution < 1.29 is 4.39 Å². The summed E-state index contributed by atoms with van der Waals surface area (Å²) < 4.78 is 15.1. The van der Waals surface area contributed by atoms with Crippen LogP contribution in [-0.2, 0) is 13.0 Å². The van der Waals surface area contributed by atoms with Crippen LogP contribution in [0.1, 0.15) is 33.0 Å². The largest absolute Gasteiger partial charge is 0.302 e. The zero-order valence-electron chi connectivity index (χ0n) is 16.2. The van der Waals surface area contributed by atoms with E-state index in [0.717, 1.165) is 54.3 Å². The zero-order chi connectivity index (χ0) is 19.4. The summed E-state index contributed by atoms with van der Waals surface area (Å²) in [5.74, 6) is 0.577. The highest BCUT2D eigenvalue weighted by atomic mass is 32.1. The van der Waals surface area contributed by atoms with Gasteiger partial charge >= 0.3 is 0 Å². The lowest BCUT2D eigenvalue weighted by Gasteiger charge is -2.20. The molecule has 144 valence electrons. The van der Waals surface area contributed by atoms with Gasteiger partial charge in [-0.05, 0) is 37.2 Å². The molecular weight excluding hydrogens is 361 g/mol. The Morgan fingerprint density at radius 3 is 2.48 bits per heavy atom. The molecule has 2 aromatic heterocycles. The Kier molecular flexibility index (Phi) is 6.39. The Hall–Kier alpha value is -2.05. The van der Waals surface area contributed by atoms with Crippen LogP contribution in [-0.4, -0.2) is 34.1 Å². The monoisotopic (exact) mass is 387 g/mol. The smallest absolute Gasteiger partial charge is 0.262 e. The van der Waals surface area contributed by atoms with Crippen molar-refractivity contribution in [2.75, 3.05) is 19.6 Å². The molecule has 0 aliphatic rings. The number of hydrogen-bond donors (Lipinski definition) is 0. The van der Waals surface area contributed by atoms with Crippen molar-refractivity contribution in [3.8, 4) is 11.1 Å². The van der Waals surface area contributed by atoms with Crippen LogP contribution in [0.3, 0.4) is 0 Å². The average Bonchev–Trinajstić information content (AvgIpc) is 3.09. The first-order chi connectivity index (χ1) is 13.1. The molecule has 0 saturated carbocycles. The first-order valence-electron chi connectivity index (χ1n) is 9.58. The first-order valence-corrected chi connectivity index (χ1v) is 10.5. The fraction of sp³-hybridized carbons (Fsp3) is 0.429. The van der Waals surface area contributed by atoms with Gasteiger partial charge in [0.2, 0.25) is 0 Å². The lowest BCUT2D eigenvalue weighted by atomic mass is 10.1. The zero-order valence-corrected chi connectivity index (χ0v) is 17.0. The summed E-state index contributed by atoms with van der Waals surface area (Å²) in [5.41, 5.74) is 1.70. The third-order valence-corrected chi connectivity index (χ3v) is 5.81. The molecule has 4 nitrogen and oxygen atoms in total. The molecule has 1 aromatic carbocycles. The summed E-state index contributed by atoms with van der Waals surface area (Å²) in [6.07, 6.45) is 1.73. The Labute approximate surface area is 163 Å². The Morgan fingerprint density at radius 2 is 1.85 bits per heavy atom. The SMILES string of the molecule is CCCc1nc2scc(-c3ccc(F)cc3)c2c(=O)n1CCN(CC)CC. The van der Waals surface area contributed by atoms with E-state index >= 15 is 0 Å². The highest BCUT2D eigenvalue weighted by Gasteiger charge is 2.17. The summed E-state index contributed by atoms with van der Waals surface area (Å²) in [7, 11) is 0. The number of fused-ring (bicyclic) bond motifs is 1. The molecule has 0 saturated heterocycles. The van der Waals surface area contributed by atoms with E-state index in [1.165, 1.54) is 23.5 Å². The van der Waals surface area contributed by atoms with Crippen LogP contribution in [0.4, 0.5) is 4.39 Å². The van der Waals surface area contributed by atoms with E-state index in [2.05, 4.69) is 25.7 Å². The molecule has 0 aliphatic carbocycles. The van der Waals surface area contributed by atoms with Crippen molar-refractivity contribution in [3.63, 3.8) is 0 Å². The maximum absolute atomic E-state index is 13.4. The number of likely N-dealkylation sites (N-methyl/N-ethyl adjacent to an activating group) is 1. The minimum Gasteiger partial charge on any atom is -0.302 e. The van der Waals surface area contributed by atoms with Gasteiger partial charge in [-0.1, -0.05) is 32.9 Å². The summed E-state index contributed by atoms with van der Waals surface area (Å²) in [6, 6.07) is 6.29. The maximum atomic E-state index is 13.4. The van der Waals surface area contributed by atoms with E-state index in [1.807, 2.05) is 9.95 Å². The van der Waals surface area contributed by atoms with Crippen LogP contribution < -0.4 is 5.56 Å². The number of rotatable bonds is 8. The van der Waals surface area contributed by atoms with Gasteiger partial charge in [0.25, 0.3) is 5.56 Å². The van der Waals surface area contributed by atoms with Gasteiger partial charge in [0.1, 0.15) is 16.5 Å². The van der Waals surface area contributed by atoms with Gasteiger partial charge in [-0.2, -0.15) is 0 Å². The molecule has 2 heterocycles. The molecule has 27 heavy (non-hydrogen) atoms. The standard InChI is InChI=1S/C21H26FN3OS/c1-4-7-18-23-20-19(21(26)25(18)13-12-24(5-2)6-3)17(14-27-20)15-8-10-16(22)11-9-15/h8-11,14H,4-7,12-13H2,1-3H3. The van der Waals surface area contributed by atoms with Crippen molar-refractivity contribution in [2.24, 2.45) is 0 Å². The summed E-state index contributed by atoms with van der Waals surface area (Å²) in [5, 5.41) is 2.60. The molecule has 3 aromatic rings. The number of aryl methyl sites for hydroxylation is 1. The number of hydrogen-bond acceptors (Lipinski definition) is 4. The van der Waals surface area contributed by atoms with Crippen LogP contribution >= 0.6 is 11.3 Å². The average molecular weight is 388 g/mol. The van der Waals surface area contributed by atoms with E-state index in [4.69, 9.17) is 4.98 Å². The molecule has 3 rings (SSSR count). The van der Waals surface area contributed by atoms with Crippen LogP contribution in [0.2, 0.25) is 0 Å². The second-order valence-electron chi connectivity index (χ2n) is 6.60. The Balaban J connectivity index is 2.10. The van der Waals surface area contributed by atoms with Gasteiger partial charge in [0, 0.05) is 30.5 Å². The van der Waals surface area contributed by atoms with E-state index in [1.54, 1.807) is 12.1 Å². The van der Waals surface area contributed by atoms with Gasteiger partial charge in [-0.15, -0.1) is 11.3 Å². The highest BCUT2D eigenvalue weighted by Crippen LogP contribution is 2.31. The maximum Gasteiger partial charge on any atom is 0.262 e. The van der Waals surface area contributed by atoms with Gasteiger partial charge in [-0.3, -0.25) is 9.36 Å².